The number of carbonyl (C=O) groups excluding carboxylic acids is 1. The highest BCUT2D eigenvalue weighted by Crippen LogP contribution is 2.22. The van der Waals surface area contributed by atoms with E-state index in [1.54, 1.807) is 18.4 Å². The number of nitrogens with one attached hydrogen (secondary N) is 2. The van der Waals surface area contributed by atoms with Crippen molar-refractivity contribution in [3.05, 3.63) is 98.6 Å². The first kappa shape index (κ1) is 21.7. The maximum absolute atomic E-state index is 12.5. The predicted octanol–water partition coefficient (Wildman–Crippen LogP) is 4.21. The number of aromatic nitrogens is 2. The number of nitrogens with zero attached hydrogens (tertiary/aromatic N) is 2. The standard InChI is InChI=1S/C24H24N4O3S/c1-16(21-9-6-12-31-21)28(2)14-18-10-11-19(24(30)26-18)23(29)25-13-22-27-20(15-32-22)17-7-4-3-5-8-17/h3-12,15-16H,13-14H2,1-2H3,(H,25,29)(H,26,30). The number of amides is 1. The quantitative estimate of drug-likeness (QED) is 0.421. The molecule has 0 aliphatic heterocycles. The Morgan fingerprint density at radius 2 is 2.00 bits per heavy atom. The Morgan fingerprint density at radius 1 is 1.19 bits per heavy atom. The highest BCUT2D eigenvalue weighted by Gasteiger charge is 2.16. The van der Waals surface area contributed by atoms with Crippen LogP contribution in [0.2, 0.25) is 0 Å². The number of thiazole rings is 1. The molecule has 7 nitrogen and oxygen atoms in total. The summed E-state index contributed by atoms with van der Waals surface area (Å²) in [6.07, 6.45) is 1.64. The molecule has 0 aliphatic carbocycles. The average Bonchev–Trinajstić information content (AvgIpc) is 3.50. The Kier molecular flexibility index (Phi) is 6.63. The molecule has 164 valence electrons. The van der Waals surface area contributed by atoms with Gasteiger partial charge in [-0.2, -0.15) is 0 Å². The lowest BCUT2D eigenvalue weighted by Crippen LogP contribution is -2.30. The van der Waals surface area contributed by atoms with Crippen molar-refractivity contribution in [3.63, 3.8) is 0 Å². The summed E-state index contributed by atoms with van der Waals surface area (Å²) < 4.78 is 5.45. The molecule has 0 fully saturated rings. The zero-order valence-corrected chi connectivity index (χ0v) is 18.7. The van der Waals surface area contributed by atoms with E-state index in [1.165, 1.54) is 11.3 Å². The molecular weight excluding hydrogens is 424 g/mol. The lowest BCUT2D eigenvalue weighted by Gasteiger charge is -2.22. The van der Waals surface area contributed by atoms with E-state index < -0.39 is 11.5 Å². The van der Waals surface area contributed by atoms with Crippen LogP contribution < -0.4 is 10.9 Å². The molecule has 8 heteroatoms. The summed E-state index contributed by atoms with van der Waals surface area (Å²) in [6.45, 7) is 2.81. The van der Waals surface area contributed by atoms with Crippen molar-refractivity contribution in [1.29, 1.82) is 0 Å². The fourth-order valence-corrected chi connectivity index (χ4v) is 4.07. The van der Waals surface area contributed by atoms with Crippen LogP contribution in [-0.4, -0.2) is 27.8 Å². The minimum absolute atomic E-state index is 0.0514. The fraction of sp³-hybridized carbons (Fsp3) is 0.208. The number of pyridine rings is 1. The van der Waals surface area contributed by atoms with Crippen LogP contribution >= 0.6 is 11.3 Å². The predicted molar refractivity (Wildman–Crippen MR) is 124 cm³/mol. The molecule has 0 saturated heterocycles. The van der Waals surface area contributed by atoms with E-state index in [2.05, 4.69) is 20.2 Å². The lowest BCUT2D eigenvalue weighted by atomic mass is 10.2. The highest BCUT2D eigenvalue weighted by atomic mass is 32.1. The summed E-state index contributed by atoms with van der Waals surface area (Å²) in [5, 5.41) is 5.52. The summed E-state index contributed by atoms with van der Waals surface area (Å²) in [6, 6.07) is 17.0. The number of rotatable bonds is 8. The third-order valence-electron chi connectivity index (χ3n) is 5.27. The van der Waals surface area contributed by atoms with Crippen LogP contribution in [-0.2, 0) is 13.1 Å². The lowest BCUT2D eigenvalue weighted by molar-refractivity contribution is 0.0949. The molecule has 0 saturated carbocycles. The van der Waals surface area contributed by atoms with Gasteiger partial charge in [0, 0.05) is 23.2 Å². The molecule has 1 unspecified atom stereocenters. The molecule has 1 aromatic carbocycles. The number of aromatic amines is 1. The number of hydrogen-bond acceptors (Lipinski definition) is 6. The van der Waals surface area contributed by atoms with E-state index in [4.69, 9.17) is 4.42 Å². The van der Waals surface area contributed by atoms with Crippen LogP contribution in [0.1, 0.15) is 39.8 Å². The smallest absolute Gasteiger partial charge is 0.261 e. The van der Waals surface area contributed by atoms with Gasteiger partial charge < -0.3 is 14.7 Å². The third kappa shape index (κ3) is 5.04. The monoisotopic (exact) mass is 448 g/mol. The van der Waals surface area contributed by atoms with E-state index in [0.717, 1.165) is 27.7 Å². The highest BCUT2D eigenvalue weighted by molar-refractivity contribution is 7.09. The summed E-state index contributed by atoms with van der Waals surface area (Å²) in [7, 11) is 1.95. The molecule has 0 bridgehead atoms. The van der Waals surface area contributed by atoms with Gasteiger partial charge in [0.15, 0.2) is 0 Å². The van der Waals surface area contributed by atoms with Gasteiger partial charge in [0.05, 0.1) is 24.5 Å². The molecule has 3 aromatic heterocycles. The van der Waals surface area contributed by atoms with E-state index in [-0.39, 0.29) is 18.2 Å². The Bertz CT molecular complexity index is 1230. The summed E-state index contributed by atoms with van der Waals surface area (Å²) in [5.41, 5.74) is 2.29. The molecule has 1 atom stereocenters. The molecule has 1 amide bonds. The van der Waals surface area contributed by atoms with Crippen LogP contribution in [0.25, 0.3) is 11.3 Å². The molecule has 0 radical (unpaired) electrons. The Balaban J connectivity index is 1.36. The second-order valence-corrected chi connectivity index (χ2v) is 8.45. The van der Waals surface area contributed by atoms with Crippen LogP contribution in [0.3, 0.4) is 0 Å². The third-order valence-corrected chi connectivity index (χ3v) is 6.12. The van der Waals surface area contributed by atoms with Crippen LogP contribution in [0.5, 0.6) is 0 Å². The fourth-order valence-electron chi connectivity index (χ4n) is 3.32. The topological polar surface area (TPSA) is 91.2 Å². The largest absolute Gasteiger partial charge is 0.468 e. The molecule has 4 rings (SSSR count). The van der Waals surface area contributed by atoms with Crippen molar-refractivity contribution in [1.82, 2.24) is 20.2 Å². The van der Waals surface area contributed by atoms with E-state index >= 15 is 0 Å². The summed E-state index contributed by atoms with van der Waals surface area (Å²) in [5.74, 6) is 0.426. The van der Waals surface area contributed by atoms with Gasteiger partial charge in [-0.25, -0.2) is 4.98 Å². The second-order valence-electron chi connectivity index (χ2n) is 7.51. The first-order valence-electron chi connectivity index (χ1n) is 10.2. The minimum atomic E-state index is -0.424. The summed E-state index contributed by atoms with van der Waals surface area (Å²) in [4.78, 5) is 34.5. The molecule has 32 heavy (non-hydrogen) atoms. The van der Waals surface area contributed by atoms with E-state index in [0.29, 0.717) is 6.54 Å². The Hall–Kier alpha value is -3.49. The Morgan fingerprint density at radius 3 is 2.72 bits per heavy atom. The maximum Gasteiger partial charge on any atom is 0.261 e. The molecule has 4 aromatic rings. The van der Waals surface area contributed by atoms with Crippen molar-refractivity contribution in [2.24, 2.45) is 0 Å². The van der Waals surface area contributed by atoms with Crippen LogP contribution in [0.15, 0.2) is 75.5 Å². The number of H-pyrrole nitrogens is 1. The van der Waals surface area contributed by atoms with Gasteiger partial charge in [-0.3, -0.25) is 14.5 Å². The van der Waals surface area contributed by atoms with Crippen molar-refractivity contribution in [2.45, 2.75) is 26.1 Å². The normalized spacial score (nSPS) is 12.1. The molecule has 2 N–H and O–H groups in total. The molecular formula is C24H24N4O3S. The zero-order chi connectivity index (χ0) is 22.5. The first-order chi connectivity index (χ1) is 15.5. The van der Waals surface area contributed by atoms with Crippen molar-refractivity contribution in [2.75, 3.05) is 7.05 Å². The van der Waals surface area contributed by atoms with Gasteiger partial charge in [0.25, 0.3) is 11.5 Å². The average molecular weight is 449 g/mol. The van der Waals surface area contributed by atoms with E-state index in [1.807, 2.05) is 61.8 Å². The van der Waals surface area contributed by atoms with Crippen molar-refractivity contribution in [3.8, 4) is 11.3 Å². The number of benzene rings is 1. The van der Waals surface area contributed by atoms with Gasteiger partial charge in [-0.05, 0) is 38.2 Å². The van der Waals surface area contributed by atoms with Crippen LogP contribution in [0, 0.1) is 0 Å². The van der Waals surface area contributed by atoms with Gasteiger partial charge >= 0.3 is 0 Å². The Labute approximate surface area is 189 Å². The number of hydrogen-bond donors (Lipinski definition) is 2. The summed E-state index contributed by atoms with van der Waals surface area (Å²) >= 11 is 1.47. The van der Waals surface area contributed by atoms with E-state index in [9.17, 15) is 9.59 Å². The zero-order valence-electron chi connectivity index (χ0n) is 17.9. The van der Waals surface area contributed by atoms with Gasteiger partial charge in [-0.15, -0.1) is 11.3 Å². The minimum Gasteiger partial charge on any atom is -0.468 e. The van der Waals surface area contributed by atoms with Crippen molar-refractivity contribution >= 4 is 17.2 Å². The number of carbonyl (C=O) groups is 1. The SMILES string of the molecule is CC(c1ccco1)N(C)Cc1ccc(C(=O)NCc2nc(-c3ccccc3)cs2)c(=O)[nH]1. The maximum atomic E-state index is 12.5. The van der Waals surface area contributed by atoms with Gasteiger partial charge in [-0.1, -0.05) is 30.3 Å². The second kappa shape index (κ2) is 9.76. The molecule has 0 aliphatic rings. The van der Waals surface area contributed by atoms with Crippen LogP contribution in [0.4, 0.5) is 0 Å². The molecule has 3 heterocycles. The number of furan rings is 1. The van der Waals surface area contributed by atoms with Gasteiger partial charge in [0.1, 0.15) is 16.3 Å². The molecule has 0 spiro atoms. The van der Waals surface area contributed by atoms with Gasteiger partial charge in [0.2, 0.25) is 0 Å². The first-order valence-corrected chi connectivity index (χ1v) is 11.1. The van der Waals surface area contributed by atoms with Crippen molar-refractivity contribution < 1.29 is 9.21 Å².